The quantitative estimate of drug-likeness (QED) is 0.829. The number of carbonyl (C=O) groups is 2. The van der Waals surface area contributed by atoms with E-state index in [9.17, 15) is 14.7 Å². The van der Waals surface area contributed by atoms with E-state index < -0.39 is 0 Å². The van der Waals surface area contributed by atoms with Crippen molar-refractivity contribution in [1.29, 1.82) is 0 Å². The Morgan fingerprint density at radius 2 is 2.18 bits per heavy atom. The van der Waals surface area contributed by atoms with Gasteiger partial charge in [-0.15, -0.1) is 0 Å². The average Bonchev–Trinajstić information content (AvgIpc) is 3.00. The van der Waals surface area contributed by atoms with Crippen LogP contribution in [0.25, 0.3) is 11.3 Å². The number of unbranched alkanes of at least 4 members (excludes halogenated alkanes) is 1. The molecule has 6 heteroatoms. The van der Waals surface area contributed by atoms with Gasteiger partial charge in [-0.3, -0.25) is 9.59 Å². The maximum atomic E-state index is 12.3. The summed E-state index contributed by atoms with van der Waals surface area (Å²) in [5, 5.41) is 13.6. The van der Waals surface area contributed by atoms with Crippen molar-refractivity contribution in [2.24, 2.45) is 0 Å². The lowest BCUT2D eigenvalue weighted by Gasteiger charge is -2.17. The van der Waals surface area contributed by atoms with Crippen LogP contribution in [0.2, 0.25) is 0 Å². The molecule has 0 saturated carbocycles. The van der Waals surface area contributed by atoms with Crippen LogP contribution in [-0.2, 0) is 0 Å². The summed E-state index contributed by atoms with van der Waals surface area (Å²) in [6, 6.07) is 6.08. The van der Waals surface area contributed by atoms with Crippen molar-refractivity contribution in [3.8, 4) is 17.1 Å². The first-order valence-corrected chi connectivity index (χ1v) is 7.07. The van der Waals surface area contributed by atoms with Gasteiger partial charge >= 0.3 is 0 Å². The van der Waals surface area contributed by atoms with Crippen molar-refractivity contribution >= 4 is 12.2 Å². The third-order valence-electron chi connectivity index (χ3n) is 3.36. The van der Waals surface area contributed by atoms with Crippen molar-refractivity contribution in [1.82, 2.24) is 10.1 Å². The van der Waals surface area contributed by atoms with E-state index in [0.29, 0.717) is 24.2 Å². The Morgan fingerprint density at radius 1 is 1.41 bits per heavy atom. The molecule has 0 aliphatic carbocycles. The van der Waals surface area contributed by atoms with Gasteiger partial charge in [0.1, 0.15) is 11.4 Å². The Kier molecular flexibility index (Phi) is 4.93. The van der Waals surface area contributed by atoms with E-state index >= 15 is 0 Å². The first-order chi connectivity index (χ1) is 10.6. The van der Waals surface area contributed by atoms with Crippen LogP contribution in [-0.4, -0.2) is 40.9 Å². The van der Waals surface area contributed by atoms with Crippen LogP contribution < -0.4 is 0 Å². The lowest BCUT2D eigenvalue weighted by Crippen LogP contribution is -2.27. The third kappa shape index (κ3) is 3.33. The van der Waals surface area contributed by atoms with Gasteiger partial charge in [-0.2, -0.15) is 0 Å². The first kappa shape index (κ1) is 15.8. The van der Waals surface area contributed by atoms with Gasteiger partial charge in [0.25, 0.3) is 5.91 Å². The average molecular weight is 302 g/mol. The maximum Gasteiger partial charge on any atom is 0.257 e. The van der Waals surface area contributed by atoms with Crippen LogP contribution in [0, 0.1) is 0 Å². The highest BCUT2D eigenvalue weighted by Crippen LogP contribution is 2.27. The molecule has 116 valence electrons. The van der Waals surface area contributed by atoms with Crippen LogP contribution in [0.3, 0.4) is 0 Å². The molecule has 0 aliphatic rings. The summed E-state index contributed by atoms with van der Waals surface area (Å²) in [5.74, 6) is -0.00529. The molecule has 6 nitrogen and oxygen atoms in total. The fraction of sp³-hybridized carbons (Fsp3) is 0.312. The number of hydrogen-bond acceptors (Lipinski definition) is 5. The highest BCUT2D eigenvalue weighted by atomic mass is 16.5. The molecule has 0 bridgehead atoms. The van der Waals surface area contributed by atoms with Crippen molar-refractivity contribution < 1.29 is 19.2 Å². The molecule has 0 spiro atoms. The number of hydrogen-bond donors (Lipinski definition) is 1. The number of carbonyl (C=O) groups excluding carboxylic acids is 2. The second-order valence-electron chi connectivity index (χ2n) is 5.05. The Morgan fingerprint density at radius 3 is 2.77 bits per heavy atom. The number of rotatable bonds is 6. The van der Waals surface area contributed by atoms with E-state index in [0.717, 1.165) is 12.8 Å². The summed E-state index contributed by atoms with van der Waals surface area (Å²) < 4.78 is 5.01. The van der Waals surface area contributed by atoms with Gasteiger partial charge in [0.2, 0.25) is 0 Å². The number of aldehydes is 1. The SMILES string of the molecule is CCCCN(C)C(=O)c1ccc(-c2cc(C=O)no2)cc1O. The Hall–Kier alpha value is -2.63. The van der Waals surface area contributed by atoms with E-state index in [4.69, 9.17) is 4.52 Å². The summed E-state index contributed by atoms with van der Waals surface area (Å²) >= 11 is 0. The van der Waals surface area contributed by atoms with Crippen LogP contribution >= 0.6 is 0 Å². The van der Waals surface area contributed by atoms with Gasteiger partial charge in [0, 0.05) is 25.2 Å². The lowest BCUT2D eigenvalue weighted by atomic mass is 10.1. The summed E-state index contributed by atoms with van der Waals surface area (Å²) in [4.78, 5) is 24.4. The van der Waals surface area contributed by atoms with Gasteiger partial charge < -0.3 is 14.5 Å². The molecule has 22 heavy (non-hydrogen) atoms. The predicted molar refractivity (Wildman–Crippen MR) is 80.9 cm³/mol. The van der Waals surface area contributed by atoms with Crippen LogP contribution in [0.5, 0.6) is 5.75 Å². The van der Waals surface area contributed by atoms with Crippen molar-refractivity contribution in [2.75, 3.05) is 13.6 Å². The zero-order chi connectivity index (χ0) is 16.1. The number of amides is 1. The van der Waals surface area contributed by atoms with E-state index in [1.54, 1.807) is 24.1 Å². The van der Waals surface area contributed by atoms with Gasteiger partial charge in [-0.25, -0.2) is 0 Å². The molecule has 0 unspecified atom stereocenters. The number of benzene rings is 1. The molecule has 0 atom stereocenters. The molecular weight excluding hydrogens is 284 g/mol. The number of aromatic hydroxyl groups is 1. The third-order valence-corrected chi connectivity index (χ3v) is 3.36. The fourth-order valence-electron chi connectivity index (χ4n) is 2.05. The Bertz CT molecular complexity index is 679. The molecule has 0 radical (unpaired) electrons. The number of nitrogens with zero attached hydrogens (tertiary/aromatic N) is 2. The van der Waals surface area contributed by atoms with Gasteiger partial charge in [0.05, 0.1) is 5.56 Å². The molecule has 0 aliphatic heterocycles. The molecule has 2 rings (SSSR count). The zero-order valence-electron chi connectivity index (χ0n) is 12.6. The van der Waals surface area contributed by atoms with E-state index in [1.165, 1.54) is 12.1 Å². The maximum absolute atomic E-state index is 12.3. The second kappa shape index (κ2) is 6.89. The number of phenols is 1. The molecule has 1 N–H and O–H groups in total. The Balaban J connectivity index is 2.22. The zero-order valence-corrected chi connectivity index (χ0v) is 12.6. The van der Waals surface area contributed by atoms with Crippen LogP contribution in [0.1, 0.15) is 40.6 Å². The largest absolute Gasteiger partial charge is 0.507 e. The fourth-order valence-corrected chi connectivity index (χ4v) is 2.05. The predicted octanol–water partition coefficient (Wildman–Crippen LogP) is 2.73. The monoisotopic (exact) mass is 302 g/mol. The highest BCUT2D eigenvalue weighted by molar-refractivity contribution is 5.97. The Labute approximate surface area is 128 Å². The molecule has 0 fully saturated rings. The lowest BCUT2D eigenvalue weighted by molar-refractivity contribution is 0.0790. The number of phenolic OH excluding ortho intramolecular Hbond substituents is 1. The molecule has 0 saturated heterocycles. The number of aromatic nitrogens is 1. The van der Waals surface area contributed by atoms with Gasteiger partial charge in [0.15, 0.2) is 12.0 Å². The molecule has 1 aromatic heterocycles. The minimum absolute atomic E-state index is 0.130. The summed E-state index contributed by atoms with van der Waals surface area (Å²) in [7, 11) is 1.71. The second-order valence-corrected chi connectivity index (χ2v) is 5.05. The minimum Gasteiger partial charge on any atom is -0.507 e. The molecular formula is C16H18N2O4. The van der Waals surface area contributed by atoms with E-state index in [1.807, 2.05) is 0 Å². The molecule has 2 aromatic rings. The normalized spacial score (nSPS) is 10.5. The smallest absolute Gasteiger partial charge is 0.257 e. The van der Waals surface area contributed by atoms with Crippen molar-refractivity contribution in [3.63, 3.8) is 0 Å². The van der Waals surface area contributed by atoms with Crippen LogP contribution in [0.4, 0.5) is 0 Å². The highest BCUT2D eigenvalue weighted by Gasteiger charge is 2.17. The van der Waals surface area contributed by atoms with Gasteiger partial charge in [-0.05, 0) is 18.6 Å². The topological polar surface area (TPSA) is 83.6 Å². The first-order valence-electron chi connectivity index (χ1n) is 7.07. The van der Waals surface area contributed by atoms with Gasteiger partial charge in [-0.1, -0.05) is 24.6 Å². The molecule has 1 amide bonds. The summed E-state index contributed by atoms with van der Waals surface area (Å²) in [5.41, 5.74) is 0.956. The summed E-state index contributed by atoms with van der Waals surface area (Å²) in [6.45, 7) is 2.69. The van der Waals surface area contributed by atoms with Crippen molar-refractivity contribution in [2.45, 2.75) is 19.8 Å². The molecule has 1 aromatic carbocycles. The minimum atomic E-state index is -0.233. The molecule has 1 heterocycles. The summed E-state index contributed by atoms with van der Waals surface area (Å²) in [6.07, 6.45) is 2.48. The van der Waals surface area contributed by atoms with E-state index in [2.05, 4.69) is 12.1 Å². The van der Waals surface area contributed by atoms with Crippen LogP contribution in [0.15, 0.2) is 28.8 Å². The van der Waals surface area contributed by atoms with Crippen molar-refractivity contribution in [3.05, 3.63) is 35.5 Å². The standard InChI is InChI=1S/C16H18N2O4/c1-3-4-7-18(2)16(21)13-6-5-11(8-14(13)20)15-9-12(10-19)17-22-15/h5-6,8-10,20H,3-4,7H2,1-2H3. The van der Waals surface area contributed by atoms with E-state index in [-0.39, 0.29) is 22.9 Å².